The maximum Gasteiger partial charge on any atom is 0.227 e. The van der Waals surface area contributed by atoms with Crippen LogP contribution in [0.5, 0.6) is 0 Å². The number of benzene rings is 1. The smallest absolute Gasteiger partial charge is 0.227 e. The fourth-order valence-electron chi connectivity index (χ4n) is 3.92. The molecular formula is C20H28ClN3O2S. The zero-order valence-electron chi connectivity index (χ0n) is 16.1. The van der Waals surface area contributed by atoms with Crippen LogP contribution < -0.4 is 0 Å². The average Bonchev–Trinajstić information content (AvgIpc) is 2.98. The lowest BCUT2D eigenvalue weighted by Crippen LogP contribution is -2.23. The molecular weight excluding hydrogens is 382 g/mol. The van der Waals surface area contributed by atoms with E-state index in [9.17, 15) is 8.42 Å². The van der Waals surface area contributed by atoms with Gasteiger partial charge in [-0.3, -0.25) is 4.90 Å². The summed E-state index contributed by atoms with van der Waals surface area (Å²) >= 11 is 6.08. The van der Waals surface area contributed by atoms with Crippen LogP contribution in [0.15, 0.2) is 35.6 Å². The molecule has 0 spiro atoms. The number of aromatic nitrogens is 2. The normalized spacial score (nSPS) is 16.1. The van der Waals surface area contributed by atoms with E-state index in [-0.39, 0.29) is 5.16 Å². The second kappa shape index (κ2) is 8.76. The third-order valence-electron chi connectivity index (χ3n) is 5.17. The van der Waals surface area contributed by atoms with Gasteiger partial charge in [0.25, 0.3) is 0 Å². The van der Waals surface area contributed by atoms with Gasteiger partial charge in [-0.1, -0.05) is 43.0 Å². The molecule has 0 amide bonds. The largest absolute Gasteiger partial charge is 0.317 e. The van der Waals surface area contributed by atoms with Crippen LogP contribution in [0.3, 0.4) is 0 Å². The maximum atomic E-state index is 12.2. The summed E-state index contributed by atoms with van der Waals surface area (Å²) in [6, 6.07) is 7.81. The van der Waals surface area contributed by atoms with Crippen molar-refractivity contribution in [2.45, 2.75) is 56.9 Å². The van der Waals surface area contributed by atoms with E-state index in [1.54, 1.807) is 6.20 Å². The molecule has 0 atom stereocenters. The lowest BCUT2D eigenvalue weighted by atomic mass is 9.89. The van der Waals surface area contributed by atoms with Crippen LogP contribution in [0.2, 0.25) is 5.02 Å². The van der Waals surface area contributed by atoms with Crippen LogP contribution in [-0.4, -0.2) is 36.2 Å². The molecule has 3 rings (SSSR count). The van der Waals surface area contributed by atoms with Gasteiger partial charge in [-0.15, -0.1) is 0 Å². The molecule has 0 bridgehead atoms. The summed E-state index contributed by atoms with van der Waals surface area (Å²) in [5, 5.41) is 0.918. The minimum Gasteiger partial charge on any atom is -0.317 e. The molecule has 1 heterocycles. The molecule has 27 heavy (non-hydrogen) atoms. The van der Waals surface area contributed by atoms with E-state index < -0.39 is 9.84 Å². The van der Waals surface area contributed by atoms with Crippen LogP contribution in [0.25, 0.3) is 0 Å². The van der Waals surface area contributed by atoms with Crippen LogP contribution in [0.1, 0.15) is 43.4 Å². The fraction of sp³-hybridized carbons (Fsp3) is 0.550. The van der Waals surface area contributed by atoms with E-state index in [1.807, 2.05) is 35.9 Å². The molecule has 5 nitrogen and oxygen atoms in total. The third-order valence-corrected chi connectivity index (χ3v) is 6.40. The quantitative estimate of drug-likeness (QED) is 0.689. The Labute approximate surface area is 167 Å². The van der Waals surface area contributed by atoms with Crippen molar-refractivity contribution in [2.24, 2.45) is 5.92 Å². The summed E-state index contributed by atoms with van der Waals surface area (Å²) in [7, 11) is -1.32. The molecule has 7 heteroatoms. The van der Waals surface area contributed by atoms with Crippen molar-refractivity contribution >= 4 is 21.4 Å². The highest BCUT2D eigenvalue weighted by molar-refractivity contribution is 7.90. The molecule has 1 fully saturated rings. The SMILES string of the molecule is CN(Cc1cccc(Cl)c1)Cc1cnc(S(C)(=O)=O)n1CC1CCCCC1. The summed E-state index contributed by atoms with van der Waals surface area (Å²) in [5.74, 6) is 0.533. The number of hydrogen-bond donors (Lipinski definition) is 0. The van der Waals surface area contributed by atoms with E-state index in [1.165, 1.54) is 38.4 Å². The topological polar surface area (TPSA) is 55.2 Å². The van der Waals surface area contributed by atoms with Gasteiger partial charge in [-0.05, 0) is 43.5 Å². The summed E-state index contributed by atoms with van der Waals surface area (Å²) < 4.78 is 26.4. The number of imidazole rings is 1. The van der Waals surface area contributed by atoms with Crippen molar-refractivity contribution in [1.82, 2.24) is 14.5 Å². The van der Waals surface area contributed by atoms with Gasteiger partial charge >= 0.3 is 0 Å². The van der Waals surface area contributed by atoms with Gasteiger partial charge < -0.3 is 4.57 Å². The van der Waals surface area contributed by atoms with Crippen molar-refractivity contribution in [3.8, 4) is 0 Å². The molecule has 1 saturated carbocycles. The number of halogens is 1. The zero-order chi connectivity index (χ0) is 19.4. The first-order chi connectivity index (χ1) is 12.8. The van der Waals surface area contributed by atoms with Crippen molar-refractivity contribution in [1.29, 1.82) is 0 Å². The predicted molar refractivity (Wildman–Crippen MR) is 109 cm³/mol. The van der Waals surface area contributed by atoms with Crippen LogP contribution in [0, 0.1) is 5.92 Å². The molecule has 0 N–H and O–H groups in total. The third kappa shape index (κ3) is 5.56. The number of hydrogen-bond acceptors (Lipinski definition) is 4. The van der Waals surface area contributed by atoms with E-state index in [0.29, 0.717) is 12.5 Å². The molecule has 2 aromatic rings. The molecule has 1 aromatic carbocycles. The molecule has 1 aromatic heterocycles. The first-order valence-electron chi connectivity index (χ1n) is 9.50. The minimum absolute atomic E-state index is 0.194. The highest BCUT2D eigenvalue weighted by Gasteiger charge is 2.23. The number of rotatable bonds is 7. The fourth-order valence-corrected chi connectivity index (χ4v) is 4.97. The van der Waals surface area contributed by atoms with E-state index in [4.69, 9.17) is 11.6 Å². The Morgan fingerprint density at radius 3 is 2.63 bits per heavy atom. The molecule has 148 valence electrons. The first-order valence-corrected chi connectivity index (χ1v) is 11.8. The molecule has 0 unspecified atom stereocenters. The average molecular weight is 410 g/mol. The lowest BCUT2D eigenvalue weighted by Gasteiger charge is -2.25. The Balaban J connectivity index is 1.78. The van der Waals surface area contributed by atoms with Gasteiger partial charge in [0.2, 0.25) is 15.0 Å². The van der Waals surface area contributed by atoms with Crippen molar-refractivity contribution < 1.29 is 8.42 Å². The maximum absolute atomic E-state index is 12.2. The summed E-state index contributed by atoms with van der Waals surface area (Å²) in [5.41, 5.74) is 2.08. The Hall–Kier alpha value is -1.37. The predicted octanol–water partition coefficient (Wildman–Crippen LogP) is 4.15. The second-order valence-corrected chi connectivity index (χ2v) is 10.1. The van der Waals surface area contributed by atoms with E-state index >= 15 is 0 Å². The minimum atomic E-state index is -3.35. The second-order valence-electron chi connectivity index (χ2n) is 7.72. The molecule has 0 saturated heterocycles. The van der Waals surface area contributed by atoms with E-state index in [0.717, 1.165) is 29.4 Å². The monoisotopic (exact) mass is 409 g/mol. The highest BCUT2D eigenvalue weighted by atomic mass is 35.5. The molecule has 0 radical (unpaired) electrons. The lowest BCUT2D eigenvalue weighted by molar-refractivity contribution is 0.282. The zero-order valence-corrected chi connectivity index (χ0v) is 17.6. The standard InChI is InChI=1S/C20H28ClN3O2S/c1-23(13-17-9-6-10-18(21)11-17)15-19-12-22-20(27(2,25)26)24(19)14-16-7-4-3-5-8-16/h6,9-12,16H,3-5,7-8,13-15H2,1-2H3. The summed E-state index contributed by atoms with van der Waals surface area (Å²) in [6.07, 6.45) is 9.04. The van der Waals surface area contributed by atoms with Gasteiger partial charge in [0, 0.05) is 30.9 Å². The first kappa shape index (κ1) is 20.4. The van der Waals surface area contributed by atoms with Crippen molar-refractivity contribution in [2.75, 3.05) is 13.3 Å². The van der Waals surface area contributed by atoms with Crippen molar-refractivity contribution in [3.63, 3.8) is 0 Å². The summed E-state index contributed by atoms with van der Waals surface area (Å²) in [6.45, 7) is 2.12. The van der Waals surface area contributed by atoms with Crippen LogP contribution in [-0.2, 0) is 29.5 Å². The highest BCUT2D eigenvalue weighted by Crippen LogP contribution is 2.27. The molecule has 1 aliphatic rings. The number of sulfone groups is 1. The van der Waals surface area contributed by atoms with E-state index in [2.05, 4.69) is 9.88 Å². The summed E-state index contributed by atoms with van der Waals surface area (Å²) in [4.78, 5) is 6.41. The van der Waals surface area contributed by atoms with Gasteiger partial charge in [-0.2, -0.15) is 0 Å². The molecule has 1 aliphatic carbocycles. The Morgan fingerprint density at radius 2 is 1.96 bits per heavy atom. The van der Waals surface area contributed by atoms with Crippen molar-refractivity contribution in [3.05, 3.63) is 46.7 Å². The van der Waals surface area contributed by atoms with Gasteiger partial charge in [0.05, 0.1) is 11.9 Å². The Kier molecular flexibility index (Phi) is 6.61. The van der Waals surface area contributed by atoms with Gasteiger partial charge in [0.1, 0.15) is 0 Å². The van der Waals surface area contributed by atoms with Crippen LogP contribution in [0.4, 0.5) is 0 Å². The van der Waals surface area contributed by atoms with Crippen LogP contribution >= 0.6 is 11.6 Å². The Bertz CT molecular complexity index is 873. The number of nitrogens with zero attached hydrogens (tertiary/aromatic N) is 3. The Morgan fingerprint density at radius 1 is 1.22 bits per heavy atom. The van der Waals surface area contributed by atoms with Gasteiger partial charge in [0.15, 0.2) is 0 Å². The van der Waals surface area contributed by atoms with Gasteiger partial charge in [-0.25, -0.2) is 13.4 Å². The molecule has 0 aliphatic heterocycles.